The summed E-state index contributed by atoms with van der Waals surface area (Å²) in [6, 6.07) is 0. The van der Waals surface area contributed by atoms with Crippen LogP contribution in [-0.4, -0.2) is 35.7 Å². The average molecular weight is 655 g/mol. The van der Waals surface area contributed by atoms with Crippen LogP contribution in [0.1, 0.15) is 205 Å². The summed E-state index contributed by atoms with van der Waals surface area (Å²) in [6.07, 6.45) is 39.6. The highest BCUT2D eigenvalue weighted by Gasteiger charge is 2.18. The first kappa shape index (κ1) is 39.8. The van der Waals surface area contributed by atoms with E-state index in [9.17, 15) is 9.59 Å². The van der Waals surface area contributed by atoms with Crippen LogP contribution in [0.3, 0.4) is 0 Å². The Morgan fingerprint density at radius 2 is 0.659 bits per heavy atom. The molecule has 0 aromatic heterocycles. The highest BCUT2D eigenvalue weighted by molar-refractivity contribution is 8.76. The number of carbonyl (C=O) groups is 2. The van der Waals surface area contributed by atoms with Crippen molar-refractivity contribution >= 4 is 33.5 Å². The summed E-state index contributed by atoms with van der Waals surface area (Å²) >= 11 is 0. The zero-order valence-corrected chi connectivity index (χ0v) is 30.3. The first-order valence-electron chi connectivity index (χ1n) is 19.4. The van der Waals surface area contributed by atoms with Gasteiger partial charge in [-0.15, -0.1) is 0 Å². The second-order valence-electron chi connectivity index (χ2n) is 13.7. The maximum Gasteiger partial charge on any atom is 0.306 e. The lowest BCUT2D eigenvalue weighted by Crippen LogP contribution is -2.20. The number of hydrogen-bond donors (Lipinski definition) is 0. The molecule has 0 spiro atoms. The van der Waals surface area contributed by atoms with Gasteiger partial charge in [0.05, 0.1) is 0 Å². The van der Waals surface area contributed by atoms with Gasteiger partial charge in [0.2, 0.25) is 0 Å². The number of carbonyl (C=O) groups excluding carboxylic acids is 2. The van der Waals surface area contributed by atoms with Crippen LogP contribution >= 0.6 is 21.6 Å². The second kappa shape index (κ2) is 30.0. The lowest BCUT2D eigenvalue weighted by Gasteiger charge is -2.21. The largest absolute Gasteiger partial charge is 0.462 e. The van der Waals surface area contributed by atoms with Crippen molar-refractivity contribution in [2.45, 2.75) is 218 Å². The van der Waals surface area contributed by atoms with Crippen LogP contribution in [-0.2, 0) is 19.1 Å². The molecule has 0 aliphatic heterocycles. The zero-order chi connectivity index (χ0) is 31.2. The molecule has 2 aliphatic rings. The third-order valence-electron chi connectivity index (χ3n) is 9.50. The summed E-state index contributed by atoms with van der Waals surface area (Å²) in [5.74, 6) is 2.71. The van der Waals surface area contributed by atoms with Crippen molar-refractivity contribution in [3.63, 3.8) is 0 Å². The Balaban J connectivity index is 1.16. The van der Waals surface area contributed by atoms with E-state index < -0.39 is 0 Å². The minimum atomic E-state index is 0.0418. The molecular formula is C38H70O4S2. The molecule has 0 amide bonds. The van der Waals surface area contributed by atoms with E-state index in [1.807, 2.05) is 0 Å². The minimum Gasteiger partial charge on any atom is -0.462 e. The Hall–Kier alpha value is -0.360. The number of ether oxygens (including phenoxy) is 2. The van der Waals surface area contributed by atoms with Gasteiger partial charge in [-0.1, -0.05) is 137 Å². The van der Waals surface area contributed by atoms with E-state index >= 15 is 0 Å². The molecule has 2 aliphatic carbocycles. The standard InChI is InChI=1S/C38H70O4S2/c39-37(41-35-27-19-17-20-28-35)31-23-13-9-5-1-3-7-11-15-25-33-43-44-34-26-16-12-8-4-2-6-10-14-24-32-38(40)42-36-29-21-18-22-30-36/h35-36H,1-34H2. The molecule has 0 heterocycles. The molecule has 0 unspecified atom stereocenters. The highest BCUT2D eigenvalue weighted by atomic mass is 33.1. The highest BCUT2D eigenvalue weighted by Crippen LogP contribution is 2.25. The minimum absolute atomic E-state index is 0.0418. The molecule has 0 saturated heterocycles. The number of hydrogen-bond acceptors (Lipinski definition) is 6. The normalized spacial score (nSPS) is 16.3. The van der Waals surface area contributed by atoms with Crippen molar-refractivity contribution < 1.29 is 19.1 Å². The van der Waals surface area contributed by atoms with E-state index in [4.69, 9.17) is 9.47 Å². The fraction of sp³-hybridized carbons (Fsp3) is 0.947. The van der Waals surface area contributed by atoms with Crippen molar-refractivity contribution in [2.24, 2.45) is 0 Å². The lowest BCUT2D eigenvalue weighted by molar-refractivity contribution is -0.151. The van der Waals surface area contributed by atoms with Crippen molar-refractivity contribution in [2.75, 3.05) is 11.5 Å². The number of unbranched alkanes of at least 4 members (excludes halogenated alkanes) is 18. The van der Waals surface area contributed by atoms with Gasteiger partial charge in [0, 0.05) is 24.3 Å². The van der Waals surface area contributed by atoms with Crippen molar-refractivity contribution in [3.05, 3.63) is 0 Å². The van der Waals surface area contributed by atoms with Crippen LogP contribution in [0.4, 0.5) is 0 Å². The van der Waals surface area contributed by atoms with E-state index in [0.29, 0.717) is 12.8 Å². The summed E-state index contributed by atoms with van der Waals surface area (Å²) in [6.45, 7) is 0. The van der Waals surface area contributed by atoms with Gasteiger partial charge in [-0.2, -0.15) is 0 Å². The molecule has 6 heteroatoms. The monoisotopic (exact) mass is 654 g/mol. The molecule has 0 radical (unpaired) electrons. The first-order chi connectivity index (χ1) is 21.7. The molecule has 2 rings (SSSR count). The Bertz CT molecular complexity index is 605. The van der Waals surface area contributed by atoms with E-state index in [1.165, 1.54) is 166 Å². The summed E-state index contributed by atoms with van der Waals surface area (Å²) in [4.78, 5) is 23.9. The van der Waals surface area contributed by atoms with Gasteiger partial charge in [0.25, 0.3) is 0 Å². The summed E-state index contributed by atoms with van der Waals surface area (Å²) < 4.78 is 11.2. The molecule has 0 N–H and O–H groups in total. The molecular weight excluding hydrogens is 585 g/mol. The Labute approximate surface area is 280 Å². The topological polar surface area (TPSA) is 52.6 Å². The van der Waals surface area contributed by atoms with Gasteiger partial charge in [-0.05, 0) is 77.0 Å². The maximum atomic E-state index is 12.0. The fourth-order valence-corrected chi connectivity index (χ4v) is 8.96. The van der Waals surface area contributed by atoms with Gasteiger partial charge >= 0.3 is 11.9 Å². The third kappa shape index (κ3) is 24.8. The van der Waals surface area contributed by atoms with Crippen molar-refractivity contribution in [3.8, 4) is 0 Å². The zero-order valence-electron chi connectivity index (χ0n) is 28.6. The molecule has 44 heavy (non-hydrogen) atoms. The van der Waals surface area contributed by atoms with Crippen LogP contribution < -0.4 is 0 Å². The molecule has 0 atom stereocenters. The van der Waals surface area contributed by atoms with Crippen molar-refractivity contribution in [1.82, 2.24) is 0 Å². The maximum absolute atomic E-state index is 12.0. The predicted molar refractivity (Wildman–Crippen MR) is 192 cm³/mol. The van der Waals surface area contributed by atoms with E-state index in [-0.39, 0.29) is 24.1 Å². The van der Waals surface area contributed by atoms with Crippen LogP contribution in [0.5, 0.6) is 0 Å². The quantitative estimate of drug-likeness (QED) is 0.0454. The van der Waals surface area contributed by atoms with Crippen molar-refractivity contribution in [1.29, 1.82) is 0 Å². The van der Waals surface area contributed by atoms with Gasteiger partial charge in [-0.25, -0.2) is 0 Å². The van der Waals surface area contributed by atoms with E-state index in [2.05, 4.69) is 21.6 Å². The van der Waals surface area contributed by atoms with Gasteiger partial charge in [0.15, 0.2) is 0 Å². The summed E-state index contributed by atoms with van der Waals surface area (Å²) in [7, 11) is 4.18. The first-order valence-corrected chi connectivity index (χ1v) is 21.9. The van der Waals surface area contributed by atoms with Crippen LogP contribution in [0.2, 0.25) is 0 Å². The summed E-state index contributed by atoms with van der Waals surface area (Å²) in [5.41, 5.74) is 0. The number of esters is 2. The number of rotatable bonds is 29. The summed E-state index contributed by atoms with van der Waals surface area (Å²) in [5, 5.41) is 0. The molecule has 258 valence electrons. The molecule has 0 bridgehead atoms. The van der Waals surface area contributed by atoms with Crippen LogP contribution in [0.25, 0.3) is 0 Å². The molecule has 0 aromatic rings. The molecule has 4 nitrogen and oxygen atoms in total. The smallest absolute Gasteiger partial charge is 0.306 e. The predicted octanol–water partition coefficient (Wildman–Crippen LogP) is 12.7. The molecule has 2 saturated carbocycles. The Morgan fingerprint density at radius 1 is 0.386 bits per heavy atom. The van der Waals surface area contributed by atoms with E-state index in [1.54, 1.807) is 0 Å². The van der Waals surface area contributed by atoms with Gasteiger partial charge < -0.3 is 9.47 Å². The molecule has 2 fully saturated rings. The Morgan fingerprint density at radius 3 is 0.977 bits per heavy atom. The fourth-order valence-electron chi connectivity index (χ4n) is 6.66. The second-order valence-corrected chi connectivity index (χ2v) is 16.4. The lowest BCUT2D eigenvalue weighted by atomic mass is 9.98. The average Bonchev–Trinajstić information content (AvgIpc) is 3.03. The third-order valence-corrected chi connectivity index (χ3v) is 12.1. The molecule has 0 aromatic carbocycles. The SMILES string of the molecule is O=C(CCCCCCCCCCCCSSCCCCCCCCCCCCC(=O)OC1CCCCC1)OC1CCCCC1. The van der Waals surface area contributed by atoms with Gasteiger partial charge in [-0.3, -0.25) is 9.59 Å². The van der Waals surface area contributed by atoms with Crippen LogP contribution in [0.15, 0.2) is 0 Å². The van der Waals surface area contributed by atoms with E-state index in [0.717, 1.165) is 38.5 Å². The van der Waals surface area contributed by atoms with Crippen LogP contribution in [0, 0.1) is 0 Å². The Kier molecular flexibility index (Phi) is 27.2. The van der Waals surface area contributed by atoms with Gasteiger partial charge in [0.1, 0.15) is 12.2 Å².